The third kappa shape index (κ3) is 3.67. The SMILES string of the molecule is CCNCC(C)C(=O)Nc1nnc(C)o1. The van der Waals surface area contributed by atoms with Gasteiger partial charge in [-0.1, -0.05) is 18.9 Å². The van der Waals surface area contributed by atoms with Crippen LogP contribution in [-0.4, -0.2) is 29.2 Å². The molecule has 84 valence electrons. The van der Waals surface area contributed by atoms with Crippen LogP contribution >= 0.6 is 0 Å². The number of nitrogens with zero attached hydrogens (tertiary/aromatic N) is 2. The molecule has 0 spiro atoms. The summed E-state index contributed by atoms with van der Waals surface area (Å²) in [5.74, 6) is 0.182. The van der Waals surface area contributed by atoms with Crippen LogP contribution in [0.2, 0.25) is 0 Å². The number of nitrogens with one attached hydrogen (secondary N) is 2. The number of carbonyl (C=O) groups excluding carboxylic acids is 1. The number of rotatable bonds is 5. The van der Waals surface area contributed by atoms with Crippen molar-refractivity contribution in [1.29, 1.82) is 0 Å². The lowest BCUT2D eigenvalue weighted by Gasteiger charge is -2.09. The largest absolute Gasteiger partial charge is 0.408 e. The zero-order valence-corrected chi connectivity index (χ0v) is 9.20. The number of carbonyl (C=O) groups is 1. The second-order valence-corrected chi connectivity index (χ2v) is 3.32. The van der Waals surface area contributed by atoms with Crippen LogP contribution in [0.15, 0.2) is 4.42 Å². The topological polar surface area (TPSA) is 80.0 Å². The zero-order valence-electron chi connectivity index (χ0n) is 9.20. The van der Waals surface area contributed by atoms with E-state index in [0.29, 0.717) is 12.4 Å². The monoisotopic (exact) mass is 212 g/mol. The first kappa shape index (κ1) is 11.6. The summed E-state index contributed by atoms with van der Waals surface area (Å²) in [6, 6.07) is 0.154. The van der Waals surface area contributed by atoms with E-state index in [1.165, 1.54) is 0 Å². The molecule has 1 aromatic heterocycles. The van der Waals surface area contributed by atoms with Crippen LogP contribution < -0.4 is 10.6 Å². The third-order valence-electron chi connectivity index (χ3n) is 1.90. The van der Waals surface area contributed by atoms with Crippen LogP contribution in [0.25, 0.3) is 0 Å². The first-order valence-electron chi connectivity index (χ1n) is 4.95. The Morgan fingerprint density at radius 1 is 1.53 bits per heavy atom. The summed E-state index contributed by atoms with van der Waals surface area (Å²) in [6.07, 6.45) is 0. The molecule has 0 fully saturated rings. The molecule has 15 heavy (non-hydrogen) atoms. The molecule has 0 bridgehead atoms. The summed E-state index contributed by atoms with van der Waals surface area (Å²) in [5, 5.41) is 12.9. The van der Waals surface area contributed by atoms with Gasteiger partial charge in [-0.2, -0.15) is 0 Å². The number of hydrogen-bond acceptors (Lipinski definition) is 5. The number of aromatic nitrogens is 2. The van der Waals surface area contributed by atoms with E-state index in [1.54, 1.807) is 6.92 Å². The minimum absolute atomic E-state index is 0.125. The molecule has 0 aliphatic carbocycles. The zero-order chi connectivity index (χ0) is 11.3. The van der Waals surface area contributed by atoms with Gasteiger partial charge in [-0.3, -0.25) is 10.1 Å². The predicted molar refractivity (Wildman–Crippen MR) is 55.4 cm³/mol. The van der Waals surface area contributed by atoms with Crippen molar-refractivity contribution in [2.75, 3.05) is 18.4 Å². The van der Waals surface area contributed by atoms with E-state index in [-0.39, 0.29) is 17.8 Å². The van der Waals surface area contributed by atoms with Crippen LogP contribution in [0.3, 0.4) is 0 Å². The highest BCUT2D eigenvalue weighted by molar-refractivity contribution is 5.90. The summed E-state index contributed by atoms with van der Waals surface area (Å²) >= 11 is 0. The van der Waals surface area contributed by atoms with Gasteiger partial charge in [0.05, 0.1) is 0 Å². The van der Waals surface area contributed by atoms with Gasteiger partial charge in [-0.05, 0) is 6.54 Å². The molecule has 0 saturated heterocycles. The van der Waals surface area contributed by atoms with E-state index in [9.17, 15) is 4.79 Å². The van der Waals surface area contributed by atoms with Crippen LogP contribution in [0.1, 0.15) is 19.7 Å². The molecule has 0 saturated carbocycles. The Morgan fingerprint density at radius 2 is 2.27 bits per heavy atom. The number of anilines is 1. The van der Waals surface area contributed by atoms with E-state index in [1.807, 2.05) is 13.8 Å². The van der Waals surface area contributed by atoms with Gasteiger partial charge in [-0.25, -0.2) is 0 Å². The Balaban J connectivity index is 2.41. The second kappa shape index (κ2) is 5.45. The van der Waals surface area contributed by atoms with Crippen LogP contribution in [0.4, 0.5) is 6.01 Å². The first-order valence-corrected chi connectivity index (χ1v) is 4.95. The number of aryl methyl sites for hydroxylation is 1. The molecule has 2 N–H and O–H groups in total. The molecular weight excluding hydrogens is 196 g/mol. The molecule has 6 heteroatoms. The minimum atomic E-state index is -0.128. The lowest BCUT2D eigenvalue weighted by atomic mass is 10.1. The van der Waals surface area contributed by atoms with Crippen LogP contribution in [0.5, 0.6) is 0 Å². The fourth-order valence-corrected chi connectivity index (χ4v) is 1.03. The molecule has 1 heterocycles. The Morgan fingerprint density at radius 3 is 2.80 bits per heavy atom. The third-order valence-corrected chi connectivity index (χ3v) is 1.90. The van der Waals surface area contributed by atoms with Crippen molar-refractivity contribution in [2.24, 2.45) is 5.92 Å². The molecule has 1 aromatic rings. The first-order chi connectivity index (χ1) is 7.13. The van der Waals surface area contributed by atoms with E-state index >= 15 is 0 Å². The van der Waals surface area contributed by atoms with E-state index in [0.717, 1.165) is 6.54 Å². The quantitative estimate of drug-likeness (QED) is 0.745. The van der Waals surface area contributed by atoms with Crippen LogP contribution in [-0.2, 0) is 4.79 Å². The van der Waals surface area contributed by atoms with Crippen molar-refractivity contribution in [3.05, 3.63) is 5.89 Å². The molecule has 0 radical (unpaired) electrons. The van der Waals surface area contributed by atoms with Gasteiger partial charge < -0.3 is 9.73 Å². The maximum atomic E-state index is 11.5. The minimum Gasteiger partial charge on any atom is -0.408 e. The molecule has 1 amide bonds. The number of hydrogen-bond donors (Lipinski definition) is 2. The predicted octanol–water partition coefficient (Wildman–Crippen LogP) is 0.562. The summed E-state index contributed by atoms with van der Waals surface area (Å²) < 4.78 is 5.03. The van der Waals surface area contributed by atoms with Crippen molar-refractivity contribution in [3.8, 4) is 0 Å². The maximum Gasteiger partial charge on any atom is 0.322 e. The second-order valence-electron chi connectivity index (χ2n) is 3.32. The number of amides is 1. The van der Waals surface area contributed by atoms with Crippen molar-refractivity contribution >= 4 is 11.9 Å². The molecule has 1 atom stereocenters. The Hall–Kier alpha value is -1.43. The highest BCUT2D eigenvalue weighted by Crippen LogP contribution is 2.05. The maximum absolute atomic E-state index is 11.5. The van der Waals surface area contributed by atoms with Gasteiger partial charge in [0.25, 0.3) is 0 Å². The standard InChI is InChI=1S/C9H16N4O2/c1-4-10-5-6(2)8(14)11-9-13-12-7(3)15-9/h6,10H,4-5H2,1-3H3,(H,11,13,14). The van der Waals surface area contributed by atoms with Crippen LogP contribution in [0, 0.1) is 12.8 Å². The molecule has 0 aliphatic heterocycles. The molecule has 0 aliphatic rings. The molecule has 1 rings (SSSR count). The molecule has 6 nitrogen and oxygen atoms in total. The Bertz CT molecular complexity index is 324. The highest BCUT2D eigenvalue weighted by Gasteiger charge is 2.14. The Labute approximate surface area is 88.4 Å². The van der Waals surface area contributed by atoms with Gasteiger partial charge in [0.15, 0.2) is 0 Å². The highest BCUT2D eigenvalue weighted by atomic mass is 16.4. The fourth-order valence-electron chi connectivity index (χ4n) is 1.03. The fraction of sp³-hybridized carbons (Fsp3) is 0.667. The summed E-state index contributed by atoms with van der Waals surface area (Å²) in [6.45, 7) is 6.98. The smallest absolute Gasteiger partial charge is 0.322 e. The average Bonchev–Trinajstić information content (AvgIpc) is 2.60. The normalized spacial score (nSPS) is 12.5. The summed E-state index contributed by atoms with van der Waals surface area (Å²) in [7, 11) is 0. The van der Waals surface area contributed by atoms with Crippen molar-refractivity contribution in [2.45, 2.75) is 20.8 Å². The van der Waals surface area contributed by atoms with Gasteiger partial charge in [0.2, 0.25) is 11.8 Å². The van der Waals surface area contributed by atoms with Crippen molar-refractivity contribution in [3.63, 3.8) is 0 Å². The van der Waals surface area contributed by atoms with Gasteiger partial charge in [0.1, 0.15) is 0 Å². The van der Waals surface area contributed by atoms with Crippen molar-refractivity contribution in [1.82, 2.24) is 15.5 Å². The van der Waals surface area contributed by atoms with Gasteiger partial charge in [-0.15, -0.1) is 5.10 Å². The lowest BCUT2D eigenvalue weighted by molar-refractivity contribution is -0.119. The van der Waals surface area contributed by atoms with Gasteiger partial charge in [0, 0.05) is 19.4 Å². The average molecular weight is 212 g/mol. The molecular formula is C9H16N4O2. The van der Waals surface area contributed by atoms with E-state index in [2.05, 4.69) is 20.8 Å². The van der Waals surface area contributed by atoms with E-state index < -0.39 is 0 Å². The molecule has 1 unspecified atom stereocenters. The molecule has 0 aromatic carbocycles. The van der Waals surface area contributed by atoms with Gasteiger partial charge >= 0.3 is 6.01 Å². The Kier molecular flexibility index (Phi) is 4.23. The van der Waals surface area contributed by atoms with E-state index in [4.69, 9.17) is 4.42 Å². The lowest BCUT2D eigenvalue weighted by Crippen LogP contribution is -2.30. The summed E-state index contributed by atoms with van der Waals surface area (Å²) in [5.41, 5.74) is 0. The van der Waals surface area contributed by atoms with Crippen molar-refractivity contribution < 1.29 is 9.21 Å². The summed E-state index contributed by atoms with van der Waals surface area (Å²) in [4.78, 5) is 11.5.